The molecule has 134 valence electrons. The van der Waals surface area contributed by atoms with E-state index in [1.807, 2.05) is 55.5 Å². The van der Waals surface area contributed by atoms with Gasteiger partial charge in [0, 0.05) is 23.4 Å². The van der Waals surface area contributed by atoms with Gasteiger partial charge in [0.2, 0.25) is 5.91 Å². The number of aliphatic hydroxyl groups is 1. The van der Waals surface area contributed by atoms with Crippen LogP contribution in [0.1, 0.15) is 26.7 Å². The molecule has 3 nitrogen and oxygen atoms in total. The average Bonchev–Trinajstić information content (AvgIpc) is 2.62. The van der Waals surface area contributed by atoms with E-state index in [4.69, 9.17) is 0 Å². The molecule has 4 heteroatoms. The number of thioether (sulfide) groups is 1. The Hall–Kier alpha value is -1.78. The Bertz CT molecular complexity index is 658. The summed E-state index contributed by atoms with van der Waals surface area (Å²) in [6, 6.07) is 19.7. The van der Waals surface area contributed by atoms with Crippen LogP contribution in [0.5, 0.6) is 0 Å². The number of benzene rings is 2. The minimum absolute atomic E-state index is 0.0385. The summed E-state index contributed by atoms with van der Waals surface area (Å²) in [5.41, 5.74) is -0.183. The predicted molar refractivity (Wildman–Crippen MR) is 106 cm³/mol. The molecule has 0 saturated heterocycles. The van der Waals surface area contributed by atoms with Crippen molar-refractivity contribution in [3.63, 3.8) is 0 Å². The first kappa shape index (κ1) is 19.5. The van der Waals surface area contributed by atoms with Gasteiger partial charge in [0.15, 0.2) is 0 Å². The summed E-state index contributed by atoms with van der Waals surface area (Å²) in [5, 5.41) is 11.0. The van der Waals surface area contributed by atoms with E-state index in [-0.39, 0.29) is 5.91 Å². The summed E-state index contributed by atoms with van der Waals surface area (Å²) in [4.78, 5) is 15.7. The zero-order chi connectivity index (χ0) is 18.3. The maximum absolute atomic E-state index is 12.9. The van der Waals surface area contributed by atoms with Gasteiger partial charge < -0.3 is 10.0 Å². The monoisotopic (exact) mass is 357 g/mol. The van der Waals surface area contributed by atoms with Crippen molar-refractivity contribution < 1.29 is 9.90 Å². The van der Waals surface area contributed by atoms with Gasteiger partial charge in [0.25, 0.3) is 0 Å². The lowest BCUT2D eigenvalue weighted by molar-refractivity contribution is -0.130. The number of anilines is 1. The normalized spacial score (nSPS) is 14.6. The number of nitrogens with zero attached hydrogens (tertiary/aromatic N) is 1. The van der Waals surface area contributed by atoms with Crippen molar-refractivity contribution in [3.8, 4) is 0 Å². The molecule has 0 aromatic heterocycles. The van der Waals surface area contributed by atoms with Crippen LogP contribution in [0.4, 0.5) is 5.69 Å². The Labute approximate surface area is 155 Å². The molecule has 2 rings (SSSR count). The molecular weight excluding hydrogens is 330 g/mol. The Morgan fingerprint density at radius 2 is 1.68 bits per heavy atom. The second kappa shape index (κ2) is 9.07. The summed E-state index contributed by atoms with van der Waals surface area (Å²) in [6.45, 7) is 3.74. The van der Waals surface area contributed by atoms with Crippen molar-refractivity contribution in [2.45, 2.75) is 37.2 Å². The first-order valence-corrected chi connectivity index (χ1v) is 9.67. The Morgan fingerprint density at radius 3 is 2.24 bits per heavy atom. The highest BCUT2D eigenvalue weighted by Crippen LogP contribution is 2.30. The van der Waals surface area contributed by atoms with Crippen LogP contribution in [-0.4, -0.2) is 29.4 Å². The molecule has 2 unspecified atom stereocenters. The standard InChI is InChI=1S/C21H27NO2S/c1-4-19(20(23)22(3)17-11-7-5-8-12-17)21(2,24)15-16-25-18-13-9-6-10-14-18/h5-14,19,24H,4,15-16H2,1-3H3. The minimum Gasteiger partial charge on any atom is -0.389 e. The van der Waals surface area contributed by atoms with Gasteiger partial charge >= 0.3 is 0 Å². The lowest BCUT2D eigenvalue weighted by Gasteiger charge is -2.34. The topological polar surface area (TPSA) is 40.5 Å². The van der Waals surface area contributed by atoms with Crippen LogP contribution in [0, 0.1) is 5.92 Å². The van der Waals surface area contributed by atoms with Crippen LogP contribution in [0.3, 0.4) is 0 Å². The number of carbonyl (C=O) groups excluding carboxylic acids is 1. The average molecular weight is 358 g/mol. The fourth-order valence-corrected chi connectivity index (χ4v) is 4.06. The molecule has 25 heavy (non-hydrogen) atoms. The number of rotatable bonds is 8. The second-order valence-electron chi connectivity index (χ2n) is 6.46. The quantitative estimate of drug-likeness (QED) is 0.702. The van der Waals surface area contributed by atoms with Crippen molar-refractivity contribution in [2.24, 2.45) is 5.92 Å². The molecule has 0 heterocycles. The van der Waals surface area contributed by atoms with E-state index < -0.39 is 11.5 Å². The van der Waals surface area contributed by atoms with Gasteiger partial charge in [-0.2, -0.15) is 0 Å². The van der Waals surface area contributed by atoms with E-state index in [0.29, 0.717) is 12.8 Å². The number of hydrogen-bond donors (Lipinski definition) is 1. The molecule has 2 atom stereocenters. The molecule has 0 radical (unpaired) electrons. The highest BCUT2D eigenvalue weighted by molar-refractivity contribution is 7.99. The van der Waals surface area contributed by atoms with E-state index in [0.717, 1.165) is 11.4 Å². The number of carbonyl (C=O) groups is 1. The third-order valence-corrected chi connectivity index (χ3v) is 5.56. The van der Waals surface area contributed by atoms with Crippen LogP contribution in [0.25, 0.3) is 0 Å². The highest BCUT2D eigenvalue weighted by atomic mass is 32.2. The molecule has 0 bridgehead atoms. The predicted octanol–water partition coefficient (Wildman–Crippen LogP) is 4.61. The molecule has 0 spiro atoms. The molecule has 0 aliphatic heterocycles. The summed E-state index contributed by atoms with van der Waals surface area (Å²) < 4.78 is 0. The van der Waals surface area contributed by atoms with Crippen molar-refractivity contribution >= 4 is 23.4 Å². The lowest BCUT2D eigenvalue weighted by atomic mass is 9.83. The van der Waals surface area contributed by atoms with Gasteiger partial charge in [-0.25, -0.2) is 0 Å². The van der Waals surface area contributed by atoms with Gasteiger partial charge in [0.05, 0.1) is 11.5 Å². The maximum atomic E-state index is 12.9. The summed E-state index contributed by atoms with van der Waals surface area (Å²) in [7, 11) is 1.77. The zero-order valence-corrected chi connectivity index (χ0v) is 16.0. The van der Waals surface area contributed by atoms with Gasteiger partial charge in [0.1, 0.15) is 0 Å². The molecule has 0 fully saturated rings. The van der Waals surface area contributed by atoms with Crippen molar-refractivity contribution in [2.75, 3.05) is 17.7 Å². The summed E-state index contributed by atoms with van der Waals surface area (Å²) >= 11 is 1.71. The second-order valence-corrected chi connectivity index (χ2v) is 7.63. The van der Waals surface area contributed by atoms with Crippen molar-refractivity contribution in [1.29, 1.82) is 0 Å². The van der Waals surface area contributed by atoms with Crippen LogP contribution >= 0.6 is 11.8 Å². The molecule has 0 aliphatic rings. The minimum atomic E-state index is -1.03. The van der Waals surface area contributed by atoms with Gasteiger partial charge in [-0.3, -0.25) is 4.79 Å². The largest absolute Gasteiger partial charge is 0.389 e. The fourth-order valence-electron chi connectivity index (χ4n) is 2.96. The first-order valence-electron chi connectivity index (χ1n) is 8.68. The molecule has 2 aromatic rings. The molecule has 2 aromatic carbocycles. The summed E-state index contributed by atoms with van der Waals surface area (Å²) in [6.07, 6.45) is 1.18. The van der Waals surface area contributed by atoms with E-state index >= 15 is 0 Å². The number of amides is 1. The van der Waals surface area contributed by atoms with Crippen LogP contribution in [0.2, 0.25) is 0 Å². The number of hydrogen-bond acceptors (Lipinski definition) is 3. The third-order valence-electron chi connectivity index (χ3n) is 4.55. The molecular formula is C21H27NO2S. The highest BCUT2D eigenvalue weighted by Gasteiger charge is 2.37. The maximum Gasteiger partial charge on any atom is 0.232 e. The first-order chi connectivity index (χ1) is 12.0. The van der Waals surface area contributed by atoms with E-state index in [9.17, 15) is 9.90 Å². The Balaban J connectivity index is 2.00. The molecule has 0 aliphatic carbocycles. The zero-order valence-electron chi connectivity index (χ0n) is 15.2. The van der Waals surface area contributed by atoms with Crippen LogP contribution < -0.4 is 4.90 Å². The Morgan fingerprint density at radius 1 is 1.12 bits per heavy atom. The SMILES string of the molecule is CCC(C(=O)N(C)c1ccccc1)C(C)(O)CCSc1ccccc1. The van der Waals surface area contributed by atoms with Crippen LogP contribution in [0.15, 0.2) is 65.6 Å². The Kier molecular flexibility index (Phi) is 7.09. The van der Waals surface area contributed by atoms with Crippen molar-refractivity contribution in [3.05, 3.63) is 60.7 Å². The van der Waals surface area contributed by atoms with Gasteiger partial charge in [-0.15, -0.1) is 11.8 Å². The number of para-hydroxylation sites is 1. The fraction of sp³-hybridized carbons (Fsp3) is 0.381. The van der Waals surface area contributed by atoms with Crippen LogP contribution in [-0.2, 0) is 4.79 Å². The van der Waals surface area contributed by atoms with Gasteiger partial charge in [-0.1, -0.05) is 43.3 Å². The molecule has 1 N–H and O–H groups in total. The smallest absolute Gasteiger partial charge is 0.232 e. The van der Waals surface area contributed by atoms with Crippen molar-refractivity contribution in [1.82, 2.24) is 0 Å². The molecule has 0 saturated carbocycles. The van der Waals surface area contributed by atoms with E-state index in [1.54, 1.807) is 30.6 Å². The summed E-state index contributed by atoms with van der Waals surface area (Å²) in [5.74, 6) is 0.313. The van der Waals surface area contributed by atoms with E-state index in [2.05, 4.69) is 12.1 Å². The molecule has 1 amide bonds. The third kappa shape index (κ3) is 5.35. The lowest BCUT2D eigenvalue weighted by Crippen LogP contribution is -2.46. The van der Waals surface area contributed by atoms with Gasteiger partial charge in [-0.05, 0) is 44.0 Å². The van der Waals surface area contributed by atoms with E-state index in [1.165, 1.54) is 4.90 Å².